The zero-order valence-electron chi connectivity index (χ0n) is 27.9. The summed E-state index contributed by atoms with van der Waals surface area (Å²) in [4.78, 5) is 52.7. The lowest BCUT2D eigenvalue weighted by molar-refractivity contribution is -0.662. The third-order valence-electron chi connectivity index (χ3n) is 9.13. The van der Waals surface area contributed by atoms with Crippen molar-refractivity contribution in [2.45, 2.75) is 23.6 Å². The maximum absolute atomic E-state index is 14.2. The second-order valence-electron chi connectivity index (χ2n) is 12.3. The van der Waals surface area contributed by atoms with Crippen molar-refractivity contribution in [3.8, 4) is 0 Å². The van der Waals surface area contributed by atoms with Crippen LogP contribution in [0.1, 0.15) is 22.4 Å². The van der Waals surface area contributed by atoms with Crippen LogP contribution in [0.3, 0.4) is 0 Å². The number of hydrogen-bond acceptors (Lipinski definition) is 10. The molecule has 15 heteroatoms. The smallest absolute Gasteiger partial charge is 0.352 e. The van der Waals surface area contributed by atoms with Crippen LogP contribution >= 0.6 is 23.1 Å². The summed E-state index contributed by atoms with van der Waals surface area (Å²) in [6.45, 7) is 0.246. The van der Waals surface area contributed by atoms with Gasteiger partial charge in [0.2, 0.25) is 5.60 Å². The van der Waals surface area contributed by atoms with E-state index in [1.165, 1.54) is 16.7 Å². The molecule has 6 aromatic rings. The zero-order chi connectivity index (χ0) is 36.5. The lowest BCUT2D eigenvalue weighted by atomic mass is 9.80. The summed E-state index contributed by atoms with van der Waals surface area (Å²) >= 11 is 2.50. The lowest BCUT2D eigenvalue weighted by Crippen LogP contribution is -2.71. The molecule has 0 radical (unpaired) electrons. The zero-order valence-corrected chi connectivity index (χ0v) is 29.5. The van der Waals surface area contributed by atoms with Crippen molar-refractivity contribution < 1.29 is 28.9 Å². The molecule has 1 fully saturated rings. The number of imidazole rings is 1. The van der Waals surface area contributed by atoms with E-state index in [-0.39, 0.29) is 28.8 Å². The number of hydrogen-bond donors (Lipinski definition) is 3. The number of nitrogen functional groups attached to an aromatic ring is 1. The molecule has 3 aromatic heterocycles. The summed E-state index contributed by atoms with van der Waals surface area (Å²) in [5.41, 5.74) is 8.18. The van der Waals surface area contributed by atoms with Gasteiger partial charge in [-0.1, -0.05) is 101 Å². The third-order valence-corrected chi connectivity index (χ3v) is 11.1. The van der Waals surface area contributed by atoms with Crippen LogP contribution in [0, 0.1) is 0 Å². The number of carboxylic acids is 1. The van der Waals surface area contributed by atoms with Gasteiger partial charge in [0.1, 0.15) is 35.5 Å². The SMILES string of the molecule is Nc1nc(/C(=N/OC(c2ccccc2)(c2ccccc2)c2ccccc2)C(=O)N[C@@H]2C(=O)N3C(C(=O)O)=C(C[n+]4ccn5ncccc54)CS[C@H]23)cs1. The van der Waals surface area contributed by atoms with Crippen molar-refractivity contribution in [3.05, 3.63) is 161 Å². The van der Waals surface area contributed by atoms with Crippen LogP contribution in [0.25, 0.3) is 5.65 Å². The fourth-order valence-corrected chi connectivity index (χ4v) is 8.57. The Morgan fingerprint density at radius 2 is 1.62 bits per heavy atom. The quantitative estimate of drug-likeness (QED) is 0.0588. The maximum Gasteiger partial charge on any atom is 0.352 e. The van der Waals surface area contributed by atoms with E-state index in [4.69, 9.17) is 10.6 Å². The summed E-state index contributed by atoms with van der Waals surface area (Å²) in [5, 5.41) is 23.0. The van der Waals surface area contributed by atoms with Crippen molar-refractivity contribution in [3.63, 3.8) is 0 Å². The van der Waals surface area contributed by atoms with Gasteiger partial charge in [-0.3, -0.25) is 14.5 Å². The standard InChI is InChI=1S/C38H30N8O5S2/c39-37-41-28(23-53-37)30(43-51-38(25-11-4-1-5-12-25,26-13-6-2-7-14-26)27-15-8-3-9-16-27)33(47)42-31-34(48)46-32(36(49)50)24(22-52-35(31)46)21-44-19-20-45-29(44)17-10-18-40-45/h1-20,23,31,35H,21-22H2,(H3-,39,41,42,47,49,50)/p+1/b43-30-/t31-,35-/m1/s1. The Bertz CT molecular complexity index is 2300. The lowest BCUT2D eigenvalue weighted by Gasteiger charge is -2.49. The topological polar surface area (TPSA) is 168 Å². The van der Waals surface area contributed by atoms with Crippen molar-refractivity contribution in [2.24, 2.45) is 5.16 Å². The molecular formula is C38H31N8O5S2+. The van der Waals surface area contributed by atoms with Crippen molar-refractivity contribution in [1.29, 1.82) is 0 Å². The number of anilines is 1. The van der Waals surface area contributed by atoms with Crippen LogP contribution in [-0.2, 0) is 31.4 Å². The first kappa shape index (κ1) is 33.8. The van der Waals surface area contributed by atoms with Crippen LogP contribution in [-0.4, -0.2) is 65.3 Å². The van der Waals surface area contributed by atoms with Gasteiger partial charge in [0.15, 0.2) is 17.0 Å². The summed E-state index contributed by atoms with van der Waals surface area (Å²) in [5.74, 6) is -2.18. The molecule has 8 rings (SSSR count). The molecule has 2 amide bonds. The van der Waals surface area contributed by atoms with E-state index in [0.717, 1.165) is 33.7 Å². The predicted octanol–water partition coefficient (Wildman–Crippen LogP) is 3.81. The van der Waals surface area contributed by atoms with Gasteiger partial charge >= 0.3 is 11.6 Å². The van der Waals surface area contributed by atoms with E-state index in [0.29, 0.717) is 11.3 Å². The van der Waals surface area contributed by atoms with Crippen molar-refractivity contribution >= 4 is 57.4 Å². The number of nitrogens with zero attached hydrogens (tertiary/aromatic N) is 6. The summed E-state index contributed by atoms with van der Waals surface area (Å²) in [6, 6.07) is 31.3. The molecular weight excluding hydrogens is 713 g/mol. The van der Waals surface area contributed by atoms with E-state index in [1.807, 2.05) is 108 Å². The Kier molecular flexibility index (Phi) is 8.94. The number of rotatable bonds is 11. The molecule has 0 bridgehead atoms. The summed E-state index contributed by atoms with van der Waals surface area (Å²) in [6.07, 6.45) is 5.24. The monoisotopic (exact) mass is 743 g/mol. The molecule has 4 N–H and O–H groups in total. The summed E-state index contributed by atoms with van der Waals surface area (Å²) < 4.78 is 3.56. The molecule has 264 valence electrons. The highest BCUT2D eigenvalue weighted by atomic mass is 32.2. The number of oxime groups is 1. The Morgan fingerprint density at radius 3 is 2.21 bits per heavy atom. The molecule has 2 aliphatic heterocycles. The molecule has 1 saturated heterocycles. The van der Waals surface area contributed by atoms with Gasteiger partial charge in [0.25, 0.3) is 11.8 Å². The van der Waals surface area contributed by atoms with Crippen LogP contribution in [0.2, 0.25) is 0 Å². The minimum atomic E-state index is -1.30. The van der Waals surface area contributed by atoms with Gasteiger partial charge in [0.05, 0.1) is 6.20 Å². The first-order chi connectivity index (χ1) is 25.8. The molecule has 0 spiro atoms. The number of thiazole rings is 1. The largest absolute Gasteiger partial charge is 0.477 e. The van der Waals surface area contributed by atoms with Crippen molar-refractivity contribution in [2.75, 3.05) is 11.5 Å². The number of fused-ring (bicyclic) bond motifs is 2. The number of carbonyl (C=O) groups excluding carboxylic acids is 2. The molecule has 2 atom stereocenters. The van der Waals surface area contributed by atoms with Crippen LogP contribution in [0.5, 0.6) is 0 Å². The normalized spacial score (nSPS) is 17.3. The average molecular weight is 744 g/mol. The van der Waals surface area contributed by atoms with E-state index < -0.39 is 34.8 Å². The Balaban J connectivity index is 1.12. The Labute approximate surface area is 311 Å². The van der Waals surface area contributed by atoms with E-state index in [2.05, 4.69) is 20.6 Å². The number of aromatic nitrogens is 4. The molecule has 2 aliphatic rings. The first-order valence-electron chi connectivity index (χ1n) is 16.5. The van der Waals surface area contributed by atoms with E-state index >= 15 is 0 Å². The Morgan fingerprint density at radius 1 is 0.981 bits per heavy atom. The van der Waals surface area contributed by atoms with Gasteiger partial charge in [-0.05, 0) is 6.07 Å². The van der Waals surface area contributed by atoms with Crippen molar-refractivity contribution in [1.82, 2.24) is 24.8 Å². The number of nitrogens with two attached hydrogens (primary N) is 1. The molecule has 0 aliphatic carbocycles. The highest BCUT2D eigenvalue weighted by molar-refractivity contribution is 8.00. The highest BCUT2D eigenvalue weighted by Crippen LogP contribution is 2.42. The number of aliphatic carboxylic acids is 1. The molecule has 3 aromatic carbocycles. The third kappa shape index (κ3) is 6.08. The number of carboxylic acid groups (broad SMARTS) is 1. The molecule has 0 saturated carbocycles. The maximum atomic E-state index is 14.2. The summed E-state index contributed by atoms with van der Waals surface area (Å²) in [7, 11) is 0. The molecule has 13 nitrogen and oxygen atoms in total. The number of amides is 2. The van der Waals surface area contributed by atoms with Crippen LogP contribution < -0.4 is 15.6 Å². The number of benzene rings is 3. The number of β-lactam (4-membered cyclic amide) rings is 1. The minimum Gasteiger partial charge on any atom is -0.477 e. The highest BCUT2D eigenvalue weighted by Gasteiger charge is 2.55. The fourth-order valence-electron chi connectivity index (χ4n) is 6.68. The number of carbonyl (C=O) groups is 3. The second kappa shape index (κ2) is 14.0. The fraction of sp³-hybridized carbons (Fsp3) is 0.132. The van der Waals surface area contributed by atoms with E-state index in [1.54, 1.807) is 28.4 Å². The first-order valence-corrected chi connectivity index (χ1v) is 18.4. The molecule has 0 unspecified atom stereocenters. The van der Waals surface area contributed by atoms with Gasteiger partial charge in [-0.2, -0.15) is 0 Å². The predicted molar refractivity (Wildman–Crippen MR) is 198 cm³/mol. The average Bonchev–Trinajstić information content (AvgIpc) is 3.82. The van der Waals surface area contributed by atoms with Gasteiger partial charge < -0.3 is 21.0 Å². The van der Waals surface area contributed by atoms with Crippen LogP contribution in [0.4, 0.5) is 5.13 Å². The van der Waals surface area contributed by atoms with Crippen LogP contribution in [0.15, 0.2) is 144 Å². The minimum absolute atomic E-state index is 0.0946. The second-order valence-corrected chi connectivity index (χ2v) is 14.2. The number of nitrogens with one attached hydrogen (secondary N) is 1. The van der Waals surface area contributed by atoms with Gasteiger partial charge in [-0.15, -0.1) is 27.6 Å². The molecule has 53 heavy (non-hydrogen) atoms. The number of thioether (sulfide) groups is 1. The van der Waals surface area contributed by atoms with Gasteiger partial charge in [-0.25, -0.2) is 14.3 Å². The van der Waals surface area contributed by atoms with E-state index in [9.17, 15) is 19.5 Å². The molecule has 5 heterocycles. The Hall–Kier alpha value is -6.32. The van der Waals surface area contributed by atoms with Gasteiger partial charge in [0, 0.05) is 39.5 Å².